The summed E-state index contributed by atoms with van der Waals surface area (Å²) in [7, 11) is 0. The Labute approximate surface area is 165 Å². The van der Waals surface area contributed by atoms with Crippen molar-refractivity contribution >= 4 is 11.6 Å². The molecule has 3 heterocycles. The molecule has 1 amide bonds. The zero-order valence-corrected chi connectivity index (χ0v) is 16.2. The number of anilines is 1. The summed E-state index contributed by atoms with van der Waals surface area (Å²) in [5, 5.41) is 0. The van der Waals surface area contributed by atoms with E-state index in [1.165, 1.54) is 11.8 Å². The van der Waals surface area contributed by atoms with Crippen LogP contribution in [0.2, 0.25) is 0 Å². The number of piperidine rings is 1. The molecule has 6 heteroatoms. The second kappa shape index (κ2) is 7.87. The van der Waals surface area contributed by atoms with Crippen LogP contribution in [-0.2, 0) is 16.1 Å². The van der Waals surface area contributed by atoms with Gasteiger partial charge in [0.15, 0.2) is 0 Å². The molecule has 2 aliphatic rings. The summed E-state index contributed by atoms with van der Waals surface area (Å²) in [6, 6.07) is 10.8. The summed E-state index contributed by atoms with van der Waals surface area (Å²) in [4.78, 5) is 21.2. The van der Waals surface area contributed by atoms with Crippen LogP contribution in [0.3, 0.4) is 0 Å². The molecule has 0 aliphatic carbocycles. The summed E-state index contributed by atoms with van der Waals surface area (Å²) in [5.41, 5.74) is 2.32. The molecular weight excluding hydrogens is 357 g/mol. The highest BCUT2D eigenvalue weighted by Gasteiger charge is 2.40. The van der Waals surface area contributed by atoms with Gasteiger partial charge in [-0.1, -0.05) is 18.2 Å². The number of carbonyl (C=O) groups excluding carboxylic acids is 1. The molecule has 0 atom stereocenters. The van der Waals surface area contributed by atoms with Gasteiger partial charge in [0.1, 0.15) is 5.82 Å². The van der Waals surface area contributed by atoms with E-state index in [9.17, 15) is 9.18 Å². The van der Waals surface area contributed by atoms with Crippen molar-refractivity contribution in [3.05, 3.63) is 59.7 Å². The number of nitrogens with zero attached hydrogens (tertiary/aromatic N) is 3. The topological polar surface area (TPSA) is 45.7 Å². The first kappa shape index (κ1) is 18.9. The van der Waals surface area contributed by atoms with Gasteiger partial charge in [-0.2, -0.15) is 0 Å². The largest absolute Gasteiger partial charge is 0.372 e. The Balaban J connectivity index is 1.41. The van der Waals surface area contributed by atoms with Crippen molar-refractivity contribution in [1.82, 2.24) is 9.88 Å². The third kappa shape index (κ3) is 4.02. The molecule has 1 aromatic heterocycles. The maximum Gasteiger partial charge on any atom is 0.225 e. The van der Waals surface area contributed by atoms with Gasteiger partial charge in [0.05, 0.1) is 18.6 Å². The molecule has 0 unspecified atom stereocenters. The monoisotopic (exact) mass is 383 g/mol. The van der Waals surface area contributed by atoms with Crippen LogP contribution in [0.15, 0.2) is 42.6 Å². The van der Waals surface area contributed by atoms with E-state index in [1.54, 1.807) is 23.1 Å². The summed E-state index contributed by atoms with van der Waals surface area (Å²) < 4.78 is 20.2. The van der Waals surface area contributed by atoms with Crippen molar-refractivity contribution in [3.63, 3.8) is 0 Å². The first-order valence-electron chi connectivity index (χ1n) is 9.87. The van der Waals surface area contributed by atoms with Gasteiger partial charge in [0.25, 0.3) is 0 Å². The van der Waals surface area contributed by atoms with Crippen LogP contribution in [0.5, 0.6) is 0 Å². The second-order valence-electron chi connectivity index (χ2n) is 7.76. The fourth-order valence-electron chi connectivity index (χ4n) is 4.16. The molecule has 1 spiro atoms. The number of pyridine rings is 1. The SMILES string of the molecule is Cc1cc(N2CCC3(CC2)CC(=O)N(Cc2ccccc2F)CCO3)ccn1. The molecule has 0 N–H and O–H groups in total. The molecular formula is C22H26FN3O2. The summed E-state index contributed by atoms with van der Waals surface area (Å²) in [5.74, 6) is -0.218. The minimum atomic E-state index is -0.403. The number of rotatable bonds is 3. The van der Waals surface area contributed by atoms with Crippen LogP contribution in [0.4, 0.5) is 10.1 Å². The van der Waals surface area contributed by atoms with Gasteiger partial charge in [-0.05, 0) is 38.0 Å². The molecule has 5 nitrogen and oxygen atoms in total. The van der Waals surface area contributed by atoms with E-state index in [1.807, 2.05) is 19.2 Å². The minimum Gasteiger partial charge on any atom is -0.372 e. The maximum absolute atomic E-state index is 14.0. The van der Waals surface area contributed by atoms with E-state index < -0.39 is 5.60 Å². The lowest BCUT2D eigenvalue weighted by Crippen LogP contribution is -2.47. The van der Waals surface area contributed by atoms with Gasteiger partial charge in [-0.15, -0.1) is 0 Å². The number of ether oxygens (including phenoxy) is 1. The number of hydrogen-bond donors (Lipinski definition) is 0. The van der Waals surface area contributed by atoms with Crippen LogP contribution in [0, 0.1) is 12.7 Å². The van der Waals surface area contributed by atoms with Crippen molar-refractivity contribution in [2.75, 3.05) is 31.1 Å². The average Bonchev–Trinajstić information content (AvgIpc) is 2.83. The lowest BCUT2D eigenvalue weighted by atomic mass is 9.87. The molecule has 4 rings (SSSR count). The van der Waals surface area contributed by atoms with E-state index in [2.05, 4.69) is 16.0 Å². The van der Waals surface area contributed by atoms with E-state index >= 15 is 0 Å². The van der Waals surface area contributed by atoms with Crippen LogP contribution in [0.1, 0.15) is 30.5 Å². The fraction of sp³-hybridized carbons (Fsp3) is 0.455. The summed E-state index contributed by atoms with van der Waals surface area (Å²) >= 11 is 0. The normalized spacial score (nSPS) is 19.7. The molecule has 148 valence electrons. The van der Waals surface area contributed by atoms with Crippen molar-refractivity contribution < 1.29 is 13.9 Å². The van der Waals surface area contributed by atoms with Gasteiger partial charge in [0, 0.05) is 49.3 Å². The number of carbonyl (C=O) groups is 1. The molecule has 1 aromatic carbocycles. The maximum atomic E-state index is 14.0. The Morgan fingerprint density at radius 1 is 1.18 bits per heavy atom. The smallest absolute Gasteiger partial charge is 0.225 e. The fourth-order valence-corrected chi connectivity index (χ4v) is 4.16. The first-order valence-corrected chi connectivity index (χ1v) is 9.87. The van der Waals surface area contributed by atoms with E-state index in [0.717, 1.165) is 31.6 Å². The molecule has 0 bridgehead atoms. The third-order valence-electron chi connectivity index (χ3n) is 5.83. The van der Waals surface area contributed by atoms with Crippen LogP contribution in [0.25, 0.3) is 0 Å². The van der Waals surface area contributed by atoms with E-state index in [4.69, 9.17) is 4.74 Å². The molecule has 2 aromatic rings. The number of benzene rings is 1. The number of aromatic nitrogens is 1. The van der Waals surface area contributed by atoms with Crippen molar-refractivity contribution in [2.24, 2.45) is 0 Å². The number of amides is 1. The Kier molecular flexibility index (Phi) is 5.31. The van der Waals surface area contributed by atoms with Gasteiger partial charge in [-0.25, -0.2) is 4.39 Å². The van der Waals surface area contributed by atoms with Crippen LogP contribution in [-0.4, -0.2) is 47.6 Å². The van der Waals surface area contributed by atoms with Crippen molar-refractivity contribution in [2.45, 2.75) is 38.3 Å². The van der Waals surface area contributed by atoms with Gasteiger partial charge < -0.3 is 14.5 Å². The molecule has 0 saturated carbocycles. The molecule has 2 aliphatic heterocycles. The second-order valence-corrected chi connectivity index (χ2v) is 7.76. The molecule has 0 radical (unpaired) electrons. The Morgan fingerprint density at radius 2 is 1.96 bits per heavy atom. The number of halogens is 1. The van der Waals surface area contributed by atoms with E-state index in [0.29, 0.717) is 31.7 Å². The number of hydrogen-bond acceptors (Lipinski definition) is 4. The van der Waals surface area contributed by atoms with Gasteiger partial charge in [0.2, 0.25) is 5.91 Å². The Hall–Kier alpha value is -2.47. The summed E-state index contributed by atoms with van der Waals surface area (Å²) in [6.45, 7) is 4.99. The van der Waals surface area contributed by atoms with E-state index in [-0.39, 0.29) is 11.7 Å². The highest BCUT2D eigenvalue weighted by Crippen LogP contribution is 2.34. The van der Waals surface area contributed by atoms with Crippen molar-refractivity contribution in [1.29, 1.82) is 0 Å². The Morgan fingerprint density at radius 3 is 2.71 bits per heavy atom. The van der Waals surface area contributed by atoms with Crippen LogP contribution >= 0.6 is 0 Å². The first-order chi connectivity index (χ1) is 13.5. The number of aryl methyl sites for hydroxylation is 1. The van der Waals surface area contributed by atoms with Gasteiger partial charge >= 0.3 is 0 Å². The van der Waals surface area contributed by atoms with Crippen LogP contribution < -0.4 is 4.90 Å². The zero-order chi connectivity index (χ0) is 19.6. The van der Waals surface area contributed by atoms with Gasteiger partial charge in [-0.3, -0.25) is 9.78 Å². The molecule has 2 fully saturated rings. The quantitative estimate of drug-likeness (QED) is 0.816. The average molecular weight is 383 g/mol. The van der Waals surface area contributed by atoms with Crippen molar-refractivity contribution in [3.8, 4) is 0 Å². The molecule has 28 heavy (non-hydrogen) atoms. The highest BCUT2D eigenvalue weighted by atomic mass is 19.1. The standard InChI is InChI=1S/C22H26FN3O2/c1-17-14-19(6-9-24-17)25-10-7-22(8-11-25)15-21(27)26(12-13-28-22)16-18-4-2-3-5-20(18)23/h2-6,9,14H,7-8,10-13,15-16H2,1H3. The third-order valence-corrected chi connectivity index (χ3v) is 5.83. The predicted octanol–water partition coefficient (Wildman–Crippen LogP) is 3.32. The minimum absolute atomic E-state index is 0.0500. The lowest BCUT2D eigenvalue weighted by molar-refractivity contribution is -0.134. The highest BCUT2D eigenvalue weighted by molar-refractivity contribution is 5.77. The molecule has 2 saturated heterocycles. The zero-order valence-electron chi connectivity index (χ0n) is 16.2. The lowest BCUT2D eigenvalue weighted by Gasteiger charge is -2.41. The Bertz CT molecular complexity index is 849. The predicted molar refractivity (Wildman–Crippen MR) is 106 cm³/mol. The summed E-state index contributed by atoms with van der Waals surface area (Å²) in [6.07, 6.45) is 3.83.